The number of anilines is 3. The van der Waals surface area contributed by atoms with Crippen molar-refractivity contribution in [3.8, 4) is 11.1 Å². The number of halogens is 2. The smallest absolute Gasteiger partial charge is 0.211 e. The molecule has 0 heterocycles. The zero-order valence-electron chi connectivity index (χ0n) is 10.00. The van der Waals surface area contributed by atoms with Gasteiger partial charge in [0.1, 0.15) is 0 Å². The standard InChI is InChI=1S/C13H13N3O.2ClH/c14-10-3-6-13(15)12(7-10)9-1-4-11(5-2-9)16-8-17;;/h1-8H,14-15H2,(H,16,17);2*1H. The third-order valence-electron chi connectivity index (χ3n) is 2.50. The second-order valence-electron chi connectivity index (χ2n) is 3.69. The lowest BCUT2D eigenvalue weighted by Crippen LogP contribution is -1.95. The number of hydrogen-bond acceptors (Lipinski definition) is 3. The molecule has 0 aliphatic heterocycles. The number of nitrogens with one attached hydrogen (secondary N) is 1. The highest BCUT2D eigenvalue weighted by Crippen LogP contribution is 2.28. The highest BCUT2D eigenvalue weighted by Gasteiger charge is 2.03. The Morgan fingerprint density at radius 3 is 2.16 bits per heavy atom. The number of carbonyl (C=O) groups excluding carboxylic acids is 1. The fourth-order valence-electron chi connectivity index (χ4n) is 1.64. The van der Waals surface area contributed by atoms with Gasteiger partial charge in [-0.2, -0.15) is 0 Å². The molecule has 2 aromatic rings. The first-order chi connectivity index (χ1) is 8.20. The number of nitrogen functional groups attached to an aromatic ring is 2. The molecule has 5 N–H and O–H groups in total. The molecule has 4 nitrogen and oxygen atoms in total. The van der Waals surface area contributed by atoms with Gasteiger partial charge in [0.05, 0.1) is 0 Å². The van der Waals surface area contributed by atoms with Crippen LogP contribution in [0, 0.1) is 0 Å². The van der Waals surface area contributed by atoms with Crippen LogP contribution in [0.3, 0.4) is 0 Å². The van der Waals surface area contributed by atoms with Gasteiger partial charge in [-0.05, 0) is 35.9 Å². The molecule has 0 spiro atoms. The second-order valence-corrected chi connectivity index (χ2v) is 3.69. The van der Waals surface area contributed by atoms with Gasteiger partial charge in [-0.25, -0.2) is 0 Å². The minimum absolute atomic E-state index is 0. The minimum atomic E-state index is 0. The van der Waals surface area contributed by atoms with Crippen molar-refractivity contribution < 1.29 is 4.79 Å². The lowest BCUT2D eigenvalue weighted by atomic mass is 10.0. The van der Waals surface area contributed by atoms with E-state index in [2.05, 4.69) is 5.32 Å². The minimum Gasteiger partial charge on any atom is -0.399 e. The first-order valence-corrected chi connectivity index (χ1v) is 5.16. The first kappa shape index (κ1) is 17.1. The molecule has 0 unspecified atom stereocenters. The molecule has 0 aromatic heterocycles. The molecular formula is C13H15Cl2N3O. The normalized spacial score (nSPS) is 8.84. The summed E-state index contributed by atoms with van der Waals surface area (Å²) in [4.78, 5) is 10.3. The Bertz CT molecular complexity index is 544. The topological polar surface area (TPSA) is 81.1 Å². The van der Waals surface area contributed by atoms with Crippen molar-refractivity contribution in [1.29, 1.82) is 0 Å². The van der Waals surface area contributed by atoms with E-state index in [1.165, 1.54) is 0 Å². The van der Waals surface area contributed by atoms with Crippen molar-refractivity contribution >= 4 is 48.3 Å². The number of benzene rings is 2. The van der Waals surface area contributed by atoms with Crippen molar-refractivity contribution in [3.63, 3.8) is 0 Å². The fourth-order valence-corrected chi connectivity index (χ4v) is 1.64. The van der Waals surface area contributed by atoms with E-state index in [4.69, 9.17) is 11.5 Å². The van der Waals surface area contributed by atoms with Crippen molar-refractivity contribution in [2.45, 2.75) is 0 Å². The van der Waals surface area contributed by atoms with Gasteiger partial charge < -0.3 is 16.8 Å². The molecule has 6 heteroatoms. The summed E-state index contributed by atoms with van der Waals surface area (Å²) in [5.74, 6) is 0. The Morgan fingerprint density at radius 1 is 0.947 bits per heavy atom. The molecular weight excluding hydrogens is 285 g/mol. The largest absolute Gasteiger partial charge is 0.399 e. The average Bonchev–Trinajstić information content (AvgIpc) is 2.34. The number of carbonyl (C=O) groups is 1. The predicted molar refractivity (Wildman–Crippen MR) is 84.9 cm³/mol. The van der Waals surface area contributed by atoms with Crippen LogP contribution in [-0.2, 0) is 4.79 Å². The third kappa shape index (κ3) is 4.05. The van der Waals surface area contributed by atoms with Gasteiger partial charge in [0.25, 0.3) is 0 Å². The Labute approximate surface area is 124 Å². The van der Waals surface area contributed by atoms with E-state index in [0.717, 1.165) is 16.8 Å². The molecule has 102 valence electrons. The summed E-state index contributed by atoms with van der Waals surface area (Å²) in [6, 6.07) is 12.8. The number of rotatable bonds is 3. The Balaban J connectivity index is 0.00000162. The quantitative estimate of drug-likeness (QED) is 0.602. The van der Waals surface area contributed by atoms with Gasteiger partial charge in [0.2, 0.25) is 6.41 Å². The third-order valence-corrected chi connectivity index (χ3v) is 2.50. The van der Waals surface area contributed by atoms with E-state index in [0.29, 0.717) is 17.8 Å². The maximum absolute atomic E-state index is 10.3. The summed E-state index contributed by atoms with van der Waals surface area (Å²) in [7, 11) is 0. The Morgan fingerprint density at radius 2 is 1.58 bits per heavy atom. The number of amides is 1. The first-order valence-electron chi connectivity index (χ1n) is 5.16. The highest BCUT2D eigenvalue weighted by atomic mass is 35.5. The van der Waals surface area contributed by atoms with Gasteiger partial charge in [-0.3, -0.25) is 4.79 Å². The van der Waals surface area contributed by atoms with Crippen LogP contribution in [0.25, 0.3) is 11.1 Å². The molecule has 0 saturated heterocycles. The molecule has 0 atom stereocenters. The van der Waals surface area contributed by atoms with Crippen molar-refractivity contribution in [1.82, 2.24) is 0 Å². The number of nitrogens with two attached hydrogens (primary N) is 2. The lowest BCUT2D eigenvalue weighted by Gasteiger charge is -2.07. The van der Waals surface area contributed by atoms with E-state index in [1.807, 2.05) is 30.3 Å². The maximum Gasteiger partial charge on any atom is 0.211 e. The van der Waals surface area contributed by atoms with E-state index in [1.54, 1.807) is 12.1 Å². The fraction of sp³-hybridized carbons (Fsp3) is 0. The lowest BCUT2D eigenvalue weighted by molar-refractivity contribution is -0.105. The van der Waals surface area contributed by atoms with Crippen LogP contribution >= 0.6 is 24.8 Å². The zero-order chi connectivity index (χ0) is 12.3. The van der Waals surface area contributed by atoms with Gasteiger partial charge in [0.15, 0.2) is 0 Å². The molecule has 0 fully saturated rings. The summed E-state index contributed by atoms with van der Waals surface area (Å²) in [6.45, 7) is 0. The van der Waals surface area contributed by atoms with Crippen LogP contribution in [0.5, 0.6) is 0 Å². The predicted octanol–water partition coefficient (Wildman–Crippen LogP) is 2.93. The molecule has 19 heavy (non-hydrogen) atoms. The van der Waals surface area contributed by atoms with Crippen LogP contribution in [0.15, 0.2) is 42.5 Å². The van der Waals surface area contributed by atoms with Gasteiger partial charge in [0, 0.05) is 22.6 Å². The van der Waals surface area contributed by atoms with E-state index in [-0.39, 0.29) is 24.8 Å². The Kier molecular flexibility index (Phi) is 6.75. The van der Waals surface area contributed by atoms with Crippen LogP contribution < -0.4 is 16.8 Å². The summed E-state index contributed by atoms with van der Waals surface area (Å²) in [6.07, 6.45) is 0.643. The Hall–Kier alpha value is -1.91. The van der Waals surface area contributed by atoms with Crippen molar-refractivity contribution in [2.24, 2.45) is 0 Å². The summed E-state index contributed by atoms with van der Waals surface area (Å²) in [5, 5.41) is 2.58. The molecule has 0 aliphatic carbocycles. The van der Waals surface area contributed by atoms with Crippen LogP contribution in [-0.4, -0.2) is 6.41 Å². The highest BCUT2D eigenvalue weighted by molar-refractivity contribution is 5.85. The molecule has 0 saturated carbocycles. The summed E-state index contributed by atoms with van der Waals surface area (Å²) in [5.41, 5.74) is 15.6. The molecule has 2 rings (SSSR count). The van der Waals surface area contributed by atoms with Crippen LogP contribution in [0.1, 0.15) is 0 Å². The molecule has 0 bridgehead atoms. The van der Waals surface area contributed by atoms with Gasteiger partial charge in [-0.1, -0.05) is 12.1 Å². The van der Waals surface area contributed by atoms with E-state index < -0.39 is 0 Å². The molecule has 0 radical (unpaired) electrons. The maximum atomic E-state index is 10.3. The van der Waals surface area contributed by atoms with E-state index in [9.17, 15) is 4.79 Å². The van der Waals surface area contributed by atoms with E-state index >= 15 is 0 Å². The van der Waals surface area contributed by atoms with Crippen LogP contribution in [0.4, 0.5) is 17.1 Å². The molecule has 2 aromatic carbocycles. The average molecular weight is 300 g/mol. The SMILES string of the molecule is Cl.Cl.Nc1ccc(N)c(-c2ccc(NC=O)cc2)c1. The van der Waals surface area contributed by atoms with Gasteiger partial charge in [-0.15, -0.1) is 24.8 Å². The number of hydrogen-bond donors (Lipinski definition) is 3. The summed E-state index contributed by atoms with van der Waals surface area (Å²) >= 11 is 0. The molecule has 0 aliphatic rings. The van der Waals surface area contributed by atoms with Crippen LogP contribution in [0.2, 0.25) is 0 Å². The van der Waals surface area contributed by atoms with Gasteiger partial charge >= 0.3 is 0 Å². The monoisotopic (exact) mass is 299 g/mol. The zero-order valence-corrected chi connectivity index (χ0v) is 11.6. The second kappa shape index (κ2) is 7.51. The molecule has 1 amide bonds. The van der Waals surface area contributed by atoms with Crippen molar-refractivity contribution in [2.75, 3.05) is 16.8 Å². The summed E-state index contributed by atoms with van der Waals surface area (Å²) < 4.78 is 0. The van der Waals surface area contributed by atoms with Crippen molar-refractivity contribution in [3.05, 3.63) is 42.5 Å².